The SMILES string of the molecule is COc1cc([N+](=O)[O-])ccc1O[C@@H](c1ccccc1)[C@H]1CCNC1. The maximum atomic E-state index is 10.9. The molecule has 0 saturated carbocycles. The summed E-state index contributed by atoms with van der Waals surface area (Å²) in [6.45, 7) is 1.85. The molecule has 1 N–H and O–H groups in total. The summed E-state index contributed by atoms with van der Waals surface area (Å²) in [5.41, 5.74) is 1.07. The molecule has 0 aromatic heterocycles. The Morgan fingerprint density at radius 2 is 2.00 bits per heavy atom. The summed E-state index contributed by atoms with van der Waals surface area (Å²) in [6.07, 6.45) is 0.894. The quantitative estimate of drug-likeness (QED) is 0.650. The minimum Gasteiger partial charge on any atom is -0.493 e. The first kappa shape index (κ1) is 16.3. The van der Waals surface area contributed by atoms with Crippen LogP contribution in [0.1, 0.15) is 18.1 Å². The molecule has 0 amide bonds. The molecular formula is C18H20N2O4. The van der Waals surface area contributed by atoms with E-state index in [1.807, 2.05) is 30.3 Å². The van der Waals surface area contributed by atoms with Crippen LogP contribution in [0.2, 0.25) is 0 Å². The highest BCUT2D eigenvalue weighted by Gasteiger charge is 2.29. The van der Waals surface area contributed by atoms with E-state index in [1.165, 1.54) is 19.2 Å². The molecule has 126 valence electrons. The molecule has 0 radical (unpaired) electrons. The first-order chi connectivity index (χ1) is 11.7. The Balaban J connectivity index is 1.91. The van der Waals surface area contributed by atoms with E-state index in [1.54, 1.807) is 6.07 Å². The van der Waals surface area contributed by atoms with Gasteiger partial charge >= 0.3 is 0 Å². The van der Waals surface area contributed by atoms with Crippen LogP contribution in [0.3, 0.4) is 0 Å². The third kappa shape index (κ3) is 3.49. The Labute approximate surface area is 140 Å². The van der Waals surface area contributed by atoms with Gasteiger partial charge in [-0.25, -0.2) is 0 Å². The van der Waals surface area contributed by atoms with E-state index in [4.69, 9.17) is 9.47 Å². The second-order valence-corrected chi connectivity index (χ2v) is 5.79. The van der Waals surface area contributed by atoms with Gasteiger partial charge in [-0.3, -0.25) is 10.1 Å². The second-order valence-electron chi connectivity index (χ2n) is 5.79. The normalized spacial score (nSPS) is 18.1. The maximum Gasteiger partial charge on any atom is 0.273 e. The fourth-order valence-electron chi connectivity index (χ4n) is 3.02. The second kappa shape index (κ2) is 7.31. The van der Waals surface area contributed by atoms with Crippen molar-refractivity contribution in [3.8, 4) is 11.5 Å². The van der Waals surface area contributed by atoms with Crippen LogP contribution >= 0.6 is 0 Å². The van der Waals surface area contributed by atoms with Gasteiger partial charge in [-0.1, -0.05) is 30.3 Å². The molecule has 1 aliphatic heterocycles. The van der Waals surface area contributed by atoms with Crippen molar-refractivity contribution >= 4 is 5.69 Å². The summed E-state index contributed by atoms with van der Waals surface area (Å²) >= 11 is 0. The van der Waals surface area contributed by atoms with Crippen molar-refractivity contribution in [3.63, 3.8) is 0 Å². The monoisotopic (exact) mass is 328 g/mol. The van der Waals surface area contributed by atoms with Gasteiger partial charge in [0.25, 0.3) is 5.69 Å². The number of nitro groups is 1. The predicted octanol–water partition coefficient (Wildman–Crippen LogP) is 3.33. The van der Waals surface area contributed by atoms with Crippen molar-refractivity contribution in [2.45, 2.75) is 12.5 Å². The van der Waals surface area contributed by atoms with Gasteiger partial charge in [-0.2, -0.15) is 0 Å². The number of nitrogens with one attached hydrogen (secondary N) is 1. The molecule has 0 bridgehead atoms. The highest BCUT2D eigenvalue weighted by molar-refractivity contribution is 5.48. The molecule has 3 rings (SSSR count). The molecule has 24 heavy (non-hydrogen) atoms. The van der Waals surface area contributed by atoms with Gasteiger partial charge in [0.15, 0.2) is 11.5 Å². The van der Waals surface area contributed by atoms with Crippen molar-refractivity contribution in [3.05, 3.63) is 64.2 Å². The van der Waals surface area contributed by atoms with Crippen LogP contribution in [0.15, 0.2) is 48.5 Å². The van der Waals surface area contributed by atoms with Crippen molar-refractivity contribution in [1.82, 2.24) is 5.32 Å². The van der Waals surface area contributed by atoms with Crippen LogP contribution in [0, 0.1) is 16.0 Å². The number of non-ortho nitro benzene ring substituents is 1. The minimum absolute atomic E-state index is 0.0157. The van der Waals surface area contributed by atoms with Gasteiger partial charge < -0.3 is 14.8 Å². The highest BCUT2D eigenvalue weighted by Crippen LogP contribution is 2.38. The lowest BCUT2D eigenvalue weighted by molar-refractivity contribution is -0.385. The Morgan fingerprint density at radius 1 is 1.21 bits per heavy atom. The smallest absolute Gasteiger partial charge is 0.273 e. The Morgan fingerprint density at radius 3 is 2.62 bits per heavy atom. The Kier molecular flexibility index (Phi) is 4.96. The summed E-state index contributed by atoms with van der Waals surface area (Å²) < 4.78 is 11.5. The van der Waals surface area contributed by atoms with Crippen LogP contribution in [-0.2, 0) is 0 Å². The summed E-state index contributed by atoms with van der Waals surface area (Å²) in [7, 11) is 1.49. The largest absolute Gasteiger partial charge is 0.493 e. The first-order valence-corrected chi connectivity index (χ1v) is 7.94. The van der Waals surface area contributed by atoms with E-state index in [9.17, 15) is 10.1 Å². The minimum atomic E-state index is -0.443. The van der Waals surface area contributed by atoms with Crippen LogP contribution in [0.4, 0.5) is 5.69 Å². The molecule has 0 spiro atoms. The van der Waals surface area contributed by atoms with Gasteiger partial charge in [-0.15, -0.1) is 0 Å². The number of benzene rings is 2. The molecular weight excluding hydrogens is 308 g/mol. The molecule has 2 atom stereocenters. The first-order valence-electron chi connectivity index (χ1n) is 7.94. The average Bonchev–Trinajstić information content (AvgIpc) is 3.14. The highest BCUT2D eigenvalue weighted by atomic mass is 16.6. The van der Waals surface area contributed by atoms with Crippen molar-refractivity contribution in [2.75, 3.05) is 20.2 Å². The van der Waals surface area contributed by atoms with Crippen molar-refractivity contribution < 1.29 is 14.4 Å². The van der Waals surface area contributed by atoms with E-state index in [-0.39, 0.29) is 11.8 Å². The van der Waals surface area contributed by atoms with E-state index in [0.29, 0.717) is 17.4 Å². The van der Waals surface area contributed by atoms with Crippen LogP contribution in [-0.4, -0.2) is 25.1 Å². The number of rotatable bonds is 6. The molecule has 6 heteroatoms. The van der Waals surface area contributed by atoms with E-state index in [0.717, 1.165) is 25.1 Å². The van der Waals surface area contributed by atoms with Gasteiger partial charge in [0.05, 0.1) is 18.1 Å². The fourth-order valence-corrected chi connectivity index (χ4v) is 3.02. The standard InChI is InChI=1S/C18H20N2O4/c1-23-17-11-15(20(21)22)7-8-16(17)24-18(14-9-10-19-12-14)13-5-3-2-4-6-13/h2-8,11,14,18-19H,9-10,12H2,1H3/t14-,18-/m0/s1. The molecule has 1 fully saturated rings. The van der Waals surface area contributed by atoms with Gasteiger partial charge in [0.2, 0.25) is 0 Å². The van der Waals surface area contributed by atoms with Gasteiger partial charge in [-0.05, 0) is 24.6 Å². The number of nitro benzene ring substituents is 1. The fraction of sp³-hybridized carbons (Fsp3) is 0.333. The number of hydrogen-bond donors (Lipinski definition) is 1. The summed E-state index contributed by atoms with van der Waals surface area (Å²) in [4.78, 5) is 10.5. The lowest BCUT2D eigenvalue weighted by atomic mass is 9.95. The zero-order chi connectivity index (χ0) is 16.9. The van der Waals surface area contributed by atoms with Crippen molar-refractivity contribution in [2.24, 2.45) is 5.92 Å². The van der Waals surface area contributed by atoms with E-state index < -0.39 is 4.92 Å². The molecule has 6 nitrogen and oxygen atoms in total. The van der Waals surface area contributed by atoms with E-state index >= 15 is 0 Å². The van der Waals surface area contributed by atoms with Gasteiger partial charge in [0, 0.05) is 18.5 Å². The molecule has 2 aromatic carbocycles. The zero-order valence-electron chi connectivity index (χ0n) is 13.5. The number of nitrogens with zero attached hydrogens (tertiary/aromatic N) is 1. The average molecular weight is 328 g/mol. The molecule has 2 aromatic rings. The molecule has 0 unspecified atom stereocenters. The zero-order valence-corrected chi connectivity index (χ0v) is 13.5. The molecule has 1 saturated heterocycles. The topological polar surface area (TPSA) is 73.6 Å². The third-order valence-corrected chi connectivity index (χ3v) is 4.27. The van der Waals surface area contributed by atoms with Crippen LogP contribution in [0.25, 0.3) is 0 Å². The van der Waals surface area contributed by atoms with Crippen LogP contribution < -0.4 is 14.8 Å². The summed E-state index contributed by atoms with van der Waals surface area (Å²) in [5.74, 6) is 1.23. The number of hydrogen-bond acceptors (Lipinski definition) is 5. The maximum absolute atomic E-state index is 10.9. The van der Waals surface area contributed by atoms with E-state index in [2.05, 4.69) is 5.32 Å². The molecule has 1 aliphatic rings. The Bertz CT molecular complexity index is 699. The number of methoxy groups -OCH3 is 1. The van der Waals surface area contributed by atoms with Crippen LogP contribution in [0.5, 0.6) is 11.5 Å². The molecule has 1 heterocycles. The summed E-state index contributed by atoms with van der Waals surface area (Å²) in [6, 6.07) is 14.5. The van der Waals surface area contributed by atoms with Gasteiger partial charge in [0.1, 0.15) is 6.10 Å². The number of ether oxygens (including phenoxy) is 2. The molecule has 0 aliphatic carbocycles. The third-order valence-electron chi connectivity index (χ3n) is 4.27. The lowest BCUT2D eigenvalue weighted by Crippen LogP contribution is -2.21. The van der Waals surface area contributed by atoms with Crippen molar-refractivity contribution in [1.29, 1.82) is 0 Å². The summed E-state index contributed by atoms with van der Waals surface area (Å²) in [5, 5.41) is 14.3. The predicted molar refractivity (Wildman–Crippen MR) is 90.4 cm³/mol. The Hall–Kier alpha value is -2.60. The lowest BCUT2D eigenvalue weighted by Gasteiger charge is -2.25.